The molecule has 1 amide bonds. The van der Waals surface area contributed by atoms with E-state index in [0.29, 0.717) is 18.0 Å². The van der Waals surface area contributed by atoms with Crippen molar-refractivity contribution in [2.24, 2.45) is 0 Å². The second kappa shape index (κ2) is 6.65. The van der Waals surface area contributed by atoms with E-state index in [1.54, 1.807) is 0 Å². The first-order valence-electron chi connectivity index (χ1n) is 6.59. The maximum Gasteiger partial charge on any atom is 0.417 e. The molecule has 0 bridgehead atoms. The van der Waals surface area contributed by atoms with Crippen molar-refractivity contribution < 1.29 is 27.4 Å². The van der Waals surface area contributed by atoms with Gasteiger partial charge in [-0.2, -0.15) is 13.2 Å². The van der Waals surface area contributed by atoms with Crippen molar-refractivity contribution >= 4 is 11.6 Å². The molecule has 0 aliphatic rings. The molecule has 1 aromatic carbocycles. The van der Waals surface area contributed by atoms with Gasteiger partial charge in [0.15, 0.2) is 0 Å². The van der Waals surface area contributed by atoms with Crippen LogP contribution >= 0.6 is 0 Å². The minimum atomic E-state index is -4.65. The zero-order valence-electron chi connectivity index (χ0n) is 12.7. The molecule has 0 atom stereocenters. The Hall–Kier alpha value is -2.97. The van der Waals surface area contributed by atoms with Crippen molar-refractivity contribution in [3.8, 4) is 11.5 Å². The number of amides is 1. The van der Waals surface area contributed by atoms with Crippen LogP contribution in [0.1, 0.15) is 15.9 Å². The standard InChI is InChI=1S/C15H13F3N2O4/c1-23-9-3-4-10(12(6-9)24-2)13(21)20-11-5-8(15(16,17)18)7-19-14(11)22/h3-7H,1-2H3,(H,19,22)(H,20,21). The maximum absolute atomic E-state index is 12.7. The maximum atomic E-state index is 12.7. The summed E-state index contributed by atoms with van der Waals surface area (Å²) in [5.74, 6) is -0.213. The quantitative estimate of drug-likeness (QED) is 0.895. The van der Waals surface area contributed by atoms with Gasteiger partial charge < -0.3 is 19.8 Å². The molecule has 0 radical (unpaired) electrons. The summed E-state index contributed by atoms with van der Waals surface area (Å²) in [4.78, 5) is 25.8. The highest BCUT2D eigenvalue weighted by molar-refractivity contribution is 6.06. The third-order valence-corrected chi connectivity index (χ3v) is 3.13. The second-order valence-electron chi connectivity index (χ2n) is 4.65. The Morgan fingerprint density at radius 1 is 1.17 bits per heavy atom. The summed E-state index contributed by atoms with van der Waals surface area (Å²) in [7, 11) is 2.75. The fourth-order valence-electron chi connectivity index (χ4n) is 1.92. The number of pyridine rings is 1. The summed E-state index contributed by atoms with van der Waals surface area (Å²) in [6, 6.07) is 4.85. The lowest BCUT2D eigenvalue weighted by Gasteiger charge is -2.12. The Balaban J connectivity index is 2.35. The smallest absolute Gasteiger partial charge is 0.417 e. The van der Waals surface area contributed by atoms with Gasteiger partial charge in [0.25, 0.3) is 11.5 Å². The van der Waals surface area contributed by atoms with E-state index in [1.807, 2.05) is 4.98 Å². The molecule has 0 aliphatic heterocycles. The summed E-state index contributed by atoms with van der Waals surface area (Å²) in [5.41, 5.74) is -2.43. The number of benzene rings is 1. The number of H-pyrrole nitrogens is 1. The van der Waals surface area contributed by atoms with Crippen molar-refractivity contribution in [2.45, 2.75) is 6.18 Å². The average Bonchev–Trinajstić information content (AvgIpc) is 2.55. The number of hydrogen-bond acceptors (Lipinski definition) is 4. The number of hydrogen-bond donors (Lipinski definition) is 2. The van der Waals surface area contributed by atoms with Crippen molar-refractivity contribution in [3.63, 3.8) is 0 Å². The highest BCUT2D eigenvalue weighted by atomic mass is 19.4. The summed E-state index contributed by atoms with van der Waals surface area (Å²) < 4.78 is 48.1. The van der Waals surface area contributed by atoms with Gasteiger partial charge in [-0.1, -0.05) is 0 Å². The van der Waals surface area contributed by atoms with Crippen LogP contribution in [0.15, 0.2) is 35.3 Å². The number of nitrogens with one attached hydrogen (secondary N) is 2. The molecule has 0 aliphatic carbocycles. The first-order valence-corrected chi connectivity index (χ1v) is 6.59. The highest BCUT2D eigenvalue weighted by Crippen LogP contribution is 2.29. The molecule has 1 aromatic heterocycles. The highest BCUT2D eigenvalue weighted by Gasteiger charge is 2.31. The molecule has 9 heteroatoms. The van der Waals surface area contributed by atoms with E-state index in [1.165, 1.54) is 32.4 Å². The minimum Gasteiger partial charge on any atom is -0.497 e. The van der Waals surface area contributed by atoms with Gasteiger partial charge in [0.1, 0.15) is 17.2 Å². The van der Waals surface area contributed by atoms with Crippen LogP contribution < -0.4 is 20.3 Å². The van der Waals surface area contributed by atoms with Gasteiger partial charge >= 0.3 is 6.18 Å². The van der Waals surface area contributed by atoms with E-state index in [0.717, 1.165) is 0 Å². The lowest BCUT2D eigenvalue weighted by atomic mass is 10.1. The molecule has 1 heterocycles. The number of halogens is 3. The number of aromatic amines is 1. The van der Waals surface area contributed by atoms with Crippen molar-refractivity contribution in [2.75, 3.05) is 19.5 Å². The van der Waals surface area contributed by atoms with Gasteiger partial charge in [0.05, 0.1) is 25.3 Å². The first-order chi connectivity index (χ1) is 11.3. The Bertz CT molecular complexity index is 815. The number of methoxy groups -OCH3 is 2. The molecule has 24 heavy (non-hydrogen) atoms. The average molecular weight is 342 g/mol. The third kappa shape index (κ3) is 3.67. The van der Waals surface area contributed by atoms with Gasteiger partial charge in [-0.15, -0.1) is 0 Å². The van der Waals surface area contributed by atoms with Crippen LogP contribution in [0, 0.1) is 0 Å². The first kappa shape index (κ1) is 17.4. The number of rotatable bonds is 4. The molecule has 0 fully saturated rings. The Kier molecular flexibility index (Phi) is 4.82. The van der Waals surface area contributed by atoms with E-state index in [2.05, 4.69) is 5.32 Å². The van der Waals surface area contributed by atoms with Crippen LogP contribution in [-0.4, -0.2) is 25.1 Å². The number of aromatic nitrogens is 1. The number of carbonyl (C=O) groups excluding carboxylic acids is 1. The van der Waals surface area contributed by atoms with Crippen LogP contribution in [0.25, 0.3) is 0 Å². The van der Waals surface area contributed by atoms with E-state index < -0.39 is 28.9 Å². The Morgan fingerprint density at radius 3 is 2.46 bits per heavy atom. The lowest BCUT2D eigenvalue weighted by Crippen LogP contribution is -2.21. The normalized spacial score (nSPS) is 11.0. The fraction of sp³-hybridized carbons (Fsp3) is 0.200. The molecule has 6 nitrogen and oxygen atoms in total. The van der Waals surface area contributed by atoms with Gasteiger partial charge in [-0.05, 0) is 18.2 Å². The molecule has 0 saturated carbocycles. The molecule has 2 rings (SSSR count). The predicted molar refractivity (Wildman–Crippen MR) is 79.6 cm³/mol. The van der Waals surface area contributed by atoms with Crippen LogP contribution in [0.3, 0.4) is 0 Å². The number of alkyl halides is 3. The fourth-order valence-corrected chi connectivity index (χ4v) is 1.92. The molecular formula is C15H13F3N2O4. The van der Waals surface area contributed by atoms with Gasteiger partial charge in [-0.25, -0.2) is 0 Å². The predicted octanol–water partition coefficient (Wildman–Crippen LogP) is 2.66. The Labute approximate surface area is 134 Å². The van der Waals surface area contributed by atoms with Crippen LogP contribution in [0.5, 0.6) is 11.5 Å². The zero-order chi connectivity index (χ0) is 17.9. The largest absolute Gasteiger partial charge is 0.497 e. The Morgan fingerprint density at radius 2 is 1.88 bits per heavy atom. The van der Waals surface area contributed by atoms with Crippen LogP contribution in [0.4, 0.5) is 18.9 Å². The van der Waals surface area contributed by atoms with Crippen LogP contribution in [0.2, 0.25) is 0 Å². The van der Waals surface area contributed by atoms with Crippen molar-refractivity contribution in [1.29, 1.82) is 0 Å². The van der Waals surface area contributed by atoms with Gasteiger partial charge in [0.2, 0.25) is 0 Å². The topological polar surface area (TPSA) is 80.4 Å². The zero-order valence-corrected chi connectivity index (χ0v) is 12.7. The lowest BCUT2D eigenvalue weighted by molar-refractivity contribution is -0.137. The number of anilines is 1. The molecule has 0 spiro atoms. The SMILES string of the molecule is COc1ccc(C(=O)Nc2cc(C(F)(F)F)c[nH]c2=O)c(OC)c1. The van der Waals surface area contributed by atoms with Crippen molar-refractivity contribution in [3.05, 3.63) is 51.9 Å². The molecule has 0 saturated heterocycles. The summed E-state index contributed by atoms with van der Waals surface area (Å²) in [6.07, 6.45) is -4.12. The van der Waals surface area contributed by atoms with Gasteiger partial charge in [0, 0.05) is 12.3 Å². The van der Waals surface area contributed by atoms with E-state index >= 15 is 0 Å². The third-order valence-electron chi connectivity index (χ3n) is 3.13. The van der Waals surface area contributed by atoms with Gasteiger partial charge in [-0.3, -0.25) is 9.59 Å². The number of ether oxygens (including phenoxy) is 2. The van der Waals surface area contributed by atoms with E-state index in [4.69, 9.17) is 9.47 Å². The monoisotopic (exact) mass is 342 g/mol. The summed E-state index contributed by atoms with van der Waals surface area (Å²) in [6.45, 7) is 0. The summed E-state index contributed by atoms with van der Waals surface area (Å²) in [5, 5.41) is 2.15. The molecule has 128 valence electrons. The number of carbonyl (C=O) groups is 1. The molecule has 0 unspecified atom stereocenters. The molecular weight excluding hydrogens is 329 g/mol. The van der Waals surface area contributed by atoms with E-state index in [-0.39, 0.29) is 11.3 Å². The minimum absolute atomic E-state index is 0.0371. The molecule has 2 N–H and O–H groups in total. The van der Waals surface area contributed by atoms with Crippen LogP contribution in [-0.2, 0) is 6.18 Å². The van der Waals surface area contributed by atoms with Crippen molar-refractivity contribution in [1.82, 2.24) is 4.98 Å². The molecule has 2 aromatic rings. The second-order valence-corrected chi connectivity index (χ2v) is 4.65. The summed E-state index contributed by atoms with van der Waals surface area (Å²) >= 11 is 0. The van der Waals surface area contributed by atoms with E-state index in [9.17, 15) is 22.8 Å².